The number of aromatic nitrogens is 2. The van der Waals surface area contributed by atoms with E-state index in [1.54, 1.807) is 11.5 Å². The number of anilines is 1. The minimum Gasteiger partial charge on any atom is -0.494 e. The molecule has 0 fully saturated rings. The quantitative estimate of drug-likeness (QED) is 0.304. The van der Waals surface area contributed by atoms with Crippen LogP contribution < -0.4 is 24.9 Å². The van der Waals surface area contributed by atoms with Crippen LogP contribution in [0.4, 0.5) is 5.69 Å². The van der Waals surface area contributed by atoms with Crippen LogP contribution in [0, 0.1) is 11.3 Å². The first-order valence-corrected chi connectivity index (χ1v) is 14.4. The van der Waals surface area contributed by atoms with Crippen LogP contribution in [0.3, 0.4) is 0 Å². The predicted octanol–water partition coefficient (Wildman–Crippen LogP) is 4.75. The minimum atomic E-state index is -0.692. The summed E-state index contributed by atoms with van der Waals surface area (Å²) in [6.07, 6.45) is 3.73. The first-order chi connectivity index (χ1) is 20.5. The number of hydrogen-bond acceptors (Lipinski definition) is 6. The number of fused-ring (bicyclic) bond motifs is 2. The highest BCUT2D eigenvalue weighted by molar-refractivity contribution is 7.07. The summed E-state index contributed by atoms with van der Waals surface area (Å²) in [5.74, 6) is 0.383. The monoisotopic (exact) mass is 573 g/mol. The highest BCUT2D eigenvalue weighted by Crippen LogP contribution is 2.32. The molecule has 0 bridgehead atoms. The summed E-state index contributed by atoms with van der Waals surface area (Å²) in [5.41, 5.74) is 3.87. The Labute approximate surface area is 245 Å². The fraction of sp³-hybridized carbons (Fsp3) is 0.152. The van der Waals surface area contributed by atoms with Crippen molar-refractivity contribution in [2.24, 2.45) is 4.99 Å². The third-order valence-electron chi connectivity index (χ3n) is 7.15. The van der Waals surface area contributed by atoms with E-state index in [1.165, 1.54) is 11.3 Å². The topological polar surface area (TPSA) is 101 Å². The molecule has 1 amide bonds. The maximum atomic E-state index is 14.1. The summed E-state index contributed by atoms with van der Waals surface area (Å²) < 4.78 is 9.60. The number of para-hydroxylation sites is 2. The zero-order chi connectivity index (χ0) is 29.2. The number of nitrogens with zero attached hydrogens (tertiary/aromatic N) is 4. The number of benzene rings is 3. The standard InChI is InChI=1S/C33H27N5O3S/c1-3-41-25-15-13-22(14-16-25)30-29(31(39)36-24-9-5-4-6-10-24)21(2)35-33-38(30)32(40)28(42-33)19-23-20-37(18-17-34)27-12-8-7-11-26(23)27/h4-16,19-20,30H,3,18H2,1-2H3,(H,36,39)/b28-19-/t30-/m0/s1. The largest absolute Gasteiger partial charge is 0.494 e. The van der Waals surface area contributed by atoms with Crippen LogP contribution in [-0.2, 0) is 11.3 Å². The molecule has 0 saturated heterocycles. The van der Waals surface area contributed by atoms with Crippen LogP contribution in [0.2, 0.25) is 0 Å². The van der Waals surface area contributed by atoms with Gasteiger partial charge in [0.25, 0.3) is 11.5 Å². The van der Waals surface area contributed by atoms with Gasteiger partial charge in [-0.3, -0.25) is 14.2 Å². The van der Waals surface area contributed by atoms with E-state index in [9.17, 15) is 14.9 Å². The average molecular weight is 574 g/mol. The molecule has 1 aliphatic rings. The third kappa shape index (κ3) is 4.93. The summed E-state index contributed by atoms with van der Waals surface area (Å²) in [5, 5.41) is 13.2. The van der Waals surface area contributed by atoms with Crippen molar-refractivity contribution in [3.63, 3.8) is 0 Å². The van der Waals surface area contributed by atoms with Gasteiger partial charge in [0.1, 0.15) is 12.3 Å². The first kappa shape index (κ1) is 27.0. The number of ether oxygens (including phenoxy) is 1. The Kier molecular flexibility index (Phi) is 7.30. The molecule has 0 aliphatic carbocycles. The highest BCUT2D eigenvalue weighted by Gasteiger charge is 2.32. The van der Waals surface area contributed by atoms with E-state index < -0.39 is 6.04 Å². The fourth-order valence-corrected chi connectivity index (χ4v) is 6.34. The molecule has 0 radical (unpaired) electrons. The molecule has 5 aromatic rings. The first-order valence-electron chi connectivity index (χ1n) is 13.5. The number of rotatable bonds is 7. The zero-order valence-electron chi connectivity index (χ0n) is 23.1. The van der Waals surface area contributed by atoms with Crippen LogP contribution >= 0.6 is 11.3 Å². The number of hydrogen-bond donors (Lipinski definition) is 1. The number of thiazole rings is 1. The molecule has 2 aromatic heterocycles. The van der Waals surface area contributed by atoms with Gasteiger partial charge in [-0.15, -0.1) is 0 Å². The van der Waals surface area contributed by atoms with Crippen LogP contribution in [0.25, 0.3) is 17.0 Å². The van der Waals surface area contributed by atoms with Gasteiger partial charge in [-0.2, -0.15) is 5.26 Å². The van der Waals surface area contributed by atoms with Crippen molar-refractivity contribution in [3.8, 4) is 11.8 Å². The Balaban J connectivity index is 1.51. The molecule has 3 aromatic carbocycles. The molecule has 208 valence electrons. The lowest BCUT2D eigenvalue weighted by atomic mass is 9.95. The molecule has 1 atom stereocenters. The van der Waals surface area contributed by atoms with Gasteiger partial charge in [0, 0.05) is 28.4 Å². The molecule has 9 heteroatoms. The summed E-state index contributed by atoms with van der Waals surface area (Å²) in [6, 6.07) is 26.0. The molecule has 1 aliphatic heterocycles. The smallest absolute Gasteiger partial charge is 0.271 e. The van der Waals surface area contributed by atoms with Gasteiger partial charge in [-0.25, -0.2) is 4.99 Å². The van der Waals surface area contributed by atoms with E-state index in [2.05, 4.69) is 11.4 Å². The van der Waals surface area contributed by atoms with E-state index >= 15 is 0 Å². The second-order valence-electron chi connectivity index (χ2n) is 9.79. The highest BCUT2D eigenvalue weighted by atomic mass is 32.1. The Morgan fingerprint density at radius 2 is 1.83 bits per heavy atom. The SMILES string of the molecule is CCOc1ccc([C@H]2C(C(=O)Nc3ccccc3)=C(C)N=c3s/c(=C\c4cn(CC#N)c5ccccc45)c(=O)n32)cc1. The zero-order valence-corrected chi connectivity index (χ0v) is 23.9. The van der Waals surface area contributed by atoms with Gasteiger partial charge >= 0.3 is 0 Å². The van der Waals surface area contributed by atoms with Gasteiger partial charge in [-0.1, -0.05) is 59.9 Å². The summed E-state index contributed by atoms with van der Waals surface area (Å²) >= 11 is 1.28. The number of amides is 1. The normalized spacial score (nSPS) is 14.8. The summed E-state index contributed by atoms with van der Waals surface area (Å²) in [4.78, 5) is 33.1. The Hall–Kier alpha value is -5.20. The van der Waals surface area contributed by atoms with Crippen molar-refractivity contribution in [1.82, 2.24) is 9.13 Å². The molecule has 6 rings (SSSR count). The maximum Gasteiger partial charge on any atom is 0.271 e. The van der Waals surface area contributed by atoms with E-state index in [1.807, 2.05) is 103 Å². The van der Waals surface area contributed by atoms with Crippen LogP contribution in [0.15, 0.2) is 106 Å². The Morgan fingerprint density at radius 1 is 1.10 bits per heavy atom. The lowest BCUT2D eigenvalue weighted by Crippen LogP contribution is -2.40. The molecule has 42 heavy (non-hydrogen) atoms. The van der Waals surface area contributed by atoms with E-state index in [0.717, 1.165) is 22.0 Å². The molecule has 0 spiro atoms. The molecular formula is C33H27N5O3S. The molecule has 8 nitrogen and oxygen atoms in total. The van der Waals surface area contributed by atoms with Gasteiger partial charge < -0.3 is 14.6 Å². The van der Waals surface area contributed by atoms with Gasteiger partial charge in [0.2, 0.25) is 0 Å². The van der Waals surface area contributed by atoms with Crippen molar-refractivity contribution >= 4 is 39.9 Å². The number of nitrogens with one attached hydrogen (secondary N) is 1. The van der Waals surface area contributed by atoms with Crippen molar-refractivity contribution in [2.45, 2.75) is 26.4 Å². The van der Waals surface area contributed by atoms with Crippen molar-refractivity contribution in [2.75, 3.05) is 11.9 Å². The molecule has 1 N–H and O–H groups in total. The molecule has 3 heterocycles. The van der Waals surface area contributed by atoms with Gasteiger partial charge in [0.05, 0.1) is 34.5 Å². The van der Waals surface area contributed by atoms with Crippen LogP contribution in [-0.4, -0.2) is 21.6 Å². The van der Waals surface area contributed by atoms with Gasteiger partial charge in [-0.05, 0) is 55.8 Å². The molecular weight excluding hydrogens is 546 g/mol. The Morgan fingerprint density at radius 3 is 2.57 bits per heavy atom. The summed E-state index contributed by atoms with van der Waals surface area (Å²) in [6.45, 7) is 4.45. The fourth-order valence-electron chi connectivity index (χ4n) is 5.30. The van der Waals surface area contributed by atoms with E-state index in [-0.39, 0.29) is 18.0 Å². The summed E-state index contributed by atoms with van der Waals surface area (Å²) in [7, 11) is 0. The lowest BCUT2D eigenvalue weighted by Gasteiger charge is -2.25. The van der Waals surface area contributed by atoms with Gasteiger partial charge in [0.15, 0.2) is 4.80 Å². The van der Waals surface area contributed by atoms with Crippen LogP contribution in [0.5, 0.6) is 5.75 Å². The lowest BCUT2D eigenvalue weighted by molar-refractivity contribution is -0.113. The number of carbonyl (C=O) groups is 1. The maximum absolute atomic E-state index is 14.1. The van der Waals surface area contributed by atoms with E-state index in [0.29, 0.717) is 38.6 Å². The van der Waals surface area contributed by atoms with Crippen molar-refractivity contribution in [3.05, 3.63) is 127 Å². The third-order valence-corrected chi connectivity index (χ3v) is 8.13. The molecule has 0 unspecified atom stereocenters. The predicted molar refractivity (Wildman–Crippen MR) is 164 cm³/mol. The Bertz CT molecular complexity index is 2060. The van der Waals surface area contributed by atoms with E-state index in [4.69, 9.17) is 9.73 Å². The number of nitriles is 1. The second kappa shape index (κ2) is 11.4. The molecule has 0 saturated carbocycles. The average Bonchev–Trinajstić information content (AvgIpc) is 3.50. The number of allylic oxidation sites excluding steroid dienone is 1. The second-order valence-corrected chi connectivity index (χ2v) is 10.8. The van der Waals surface area contributed by atoms with Crippen molar-refractivity contribution in [1.29, 1.82) is 5.26 Å². The number of carbonyl (C=O) groups excluding carboxylic acids is 1. The van der Waals surface area contributed by atoms with Crippen LogP contribution in [0.1, 0.15) is 31.0 Å². The minimum absolute atomic E-state index is 0.201. The van der Waals surface area contributed by atoms with Crippen molar-refractivity contribution < 1.29 is 9.53 Å².